The van der Waals surface area contributed by atoms with E-state index in [9.17, 15) is 0 Å². The van der Waals surface area contributed by atoms with Crippen LogP contribution in [0.15, 0.2) is 168 Å². The molecule has 2 heterocycles. The zero-order valence-corrected chi connectivity index (χ0v) is 24.4. The summed E-state index contributed by atoms with van der Waals surface area (Å²) in [6.45, 7) is 0. The largest absolute Gasteiger partial charge is 0.420 e. The van der Waals surface area contributed by atoms with Crippen LogP contribution >= 0.6 is 0 Å². The Kier molecular flexibility index (Phi) is 6.89. The molecule has 0 saturated carbocycles. The van der Waals surface area contributed by atoms with Crippen LogP contribution in [0.25, 0.3) is 50.9 Å². The number of hydrogen-bond acceptors (Lipinski definition) is 5. The van der Waals surface area contributed by atoms with Crippen LogP contribution in [-0.4, -0.2) is 20.2 Å². The van der Waals surface area contributed by atoms with E-state index >= 15 is 0 Å². The minimum atomic E-state index is -0.0736. The molecule has 0 N–H and O–H groups in total. The van der Waals surface area contributed by atoms with E-state index < -0.39 is 0 Å². The Bertz CT molecular complexity index is 2050. The normalized spacial score (nSPS) is 17.0. The van der Waals surface area contributed by atoms with Crippen molar-refractivity contribution >= 4 is 5.57 Å². The van der Waals surface area contributed by atoms with E-state index in [0.717, 1.165) is 44.8 Å². The van der Waals surface area contributed by atoms with E-state index in [-0.39, 0.29) is 11.8 Å². The van der Waals surface area contributed by atoms with Crippen molar-refractivity contribution in [3.05, 3.63) is 175 Å². The van der Waals surface area contributed by atoms with Crippen LogP contribution in [0.2, 0.25) is 0 Å². The van der Waals surface area contributed by atoms with Crippen LogP contribution in [-0.2, 0) is 0 Å². The summed E-state index contributed by atoms with van der Waals surface area (Å²) in [6.07, 6.45) is 13.0. The monoisotopic (exact) mass is 580 g/mol. The highest BCUT2D eigenvalue weighted by atomic mass is 16.4. The summed E-state index contributed by atoms with van der Waals surface area (Å²) in [5.41, 5.74) is 9.21. The van der Waals surface area contributed by atoms with Crippen molar-refractivity contribution in [1.29, 1.82) is 0 Å². The highest BCUT2D eigenvalue weighted by Gasteiger charge is 2.32. The number of fused-ring (bicyclic) bond motifs is 1. The third-order valence-corrected chi connectivity index (χ3v) is 8.30. The minimum absolute atomic E-state index is 0.0530. The van der Waals surface area contributed by atoms with E-state index in [4.69, 9.17) is 14.4 Å². The van der Waals surface area contributed by atoms with Gasteiger partial charge in [-0.3, -0.25) is 0 Å². The molecule has 0 saturated heterocycles. The van der Waals surface area contributed by atoms with E-state index in [1.165, 1.54) is 5.57 Å². The smallest absolute Gasteiger partial charge is 0.247 e. The lowest BCUT2D eigenvalue weighted by Crippen LogP contribution is -2.17. The molecule has 0 radical (unpaired) electrons. The van der Waals surface area contributed by atoms with Gasteiger partial charge in [0.15, 0.2) is 5.82 Å². The zero-order valence-electron chi connectivity index (χ0n) is 24.4. The summed E-state index contributed by atoms with van der Waals surface area (Å²) in [4.78, 5) is 10.1. The standard InChI is InChI=1S/C40H28N4O/c1-4-14-27(15-5-1)36-26-37(42-38(41-36)28-16-6-2-7-17-28)34-23-13-12-21-31(34)33-24-25-35(32-22-11-10-20-30(32)33)40-44-43-39(45-40)29-18-8-3-9-19-29/h1-26,32,35H. The zero-order chi connectivity index (χ0) is 30.0. The molecular formula is C40H28N4O. The first-order valence-electron chi connectivity index (χ1n) is 15.1. The van der Waals surface area contributed by atoms with Gasteiger partial charge in [0.1, 0.15) is 0 Å². The Morgan fingerprint density at radius 2 is 1.16 bits per heavy atom. The lowest BCUT2D eigenvalue weighted by Gasteiger charge is -2.29. The first-order chi connectivity index (χ1) is 22.3. The van der Waals surface area contributed by atoms with E-state index in [1.54, 1.807) is 0 Å². The fraction of sp³-hybridized carbons (Fsp3) is 0.0500. The molecule has 2 aliphatic rings. The maximum Gasteiger partial charge on any atom is 0.247 e. The fourth-order valence-corrected chi connectivity index (χ4v) is 6.10. The molecule has 0 fully saturated rings. The van der Waals surface area contributed by atoms with Gasteiger partial charge in [-0.1, -0.05) is 140 Å². The van der Waals surface area contributed by atoms with Gasteiger partial charge in [-0.25, -0.2) is 9.97 Å². The number of benzene rings is 4. The summed E-state index contributed by atoms with van der Waals surface area (Å²) in [7, 11) is 0. The maximum absolute atomic E-state index is 6.23. The van der Waals surface area contributed by atoms with Gasteiger partial charge in [0.05, 0.1) is 17.3 Å². The Hall–Kier alpha value is -5.94. The number of aromatic nitrogens is 4. The Balaban J connectivity index is 1.23. The molecular weight excluding hydrogens is 552 g/mol. The lowest BCUT2D eigenvalue weighted by molar-refractivity contribution is 0.456. The molecule has 5 heteroatoms. The van der Waals surface area contributed by atoms with Gasteiger partial charge < -0.3 is 4.42 Å². The van der Waals surface area contributed by atoms with E-state index in [1.807, 2.05) is 66.7 Å². The van der Waals surface area contributed by atoms with Crippen molar-refractivity contribution in [2.24, 2.45) is 5.92 Å². The van der Waals surface area contributed by atoms with Crippen LogP contribution in [0.1, 0.15) is 17.4 Å². The SMILES string of the molecule is C1=CC2=C(c3ccccc3-c3cc(-c4ccccc4)nc(-c4ccccc4)n3)C=CC(c3nnc(-c4ccccc4)o3)C2C=C1. The van der Waals surface area contributed by atoms with Gasteiger partial charge in [0.25, 0.3) is 0 Å². The number of nitrogens with zero attached hydrogens (tertiary/aromatic N) is 4. The molecule has 2 aromatic heterocycles. The number of rotatable bonds is 6. The molecule has 0 spiro atoms. The molecule has 4 aromatic carbocycles. The van der Waals surface area contributed by atoms with Crippen LogP contribution in [0.4, 0.5) is 0 Å². The van der Waals surface area contributed by atoms with Crippen LogP contribution < -0.4 is 0 Å². The third-order valence-electron chi connectivity index (χ3n) is 8.30. The quantitative estimate of drug-likeness (QED) is 0.196. The molecule has 5 nitrogen and oxygen atoms in total. The number of hydrogen-bond donors (Lipinski definition) is 0. The molecule has 2 unspecified atom stereocenters. The van der Waals surface area contributed by atoms with Gasteiger partial charge in [-0.15, -0.1) is 10.2 Å². The van der Waals surface area contributed by atoms with Crippen LogP contribution in [0, 0.1) is 5.92 Å². The summed E-state index contributed by atoms with van der Waals surface area (Å²) in [6, 6.07) is 40.9. The predicted molar refractivity (Wildman–Crippen MR) is 179 cm³/mol. The molecule has 0 bridgehead atoms. The van der Waals surface area contributed by atoms with Crippen LogP contribution in [0.5, 0.6) is 0 Å². The second kappa shape index (κ2) is 11.6. The van der Waals surface area contributed by atoms with Crippen molar-refractivity contribution in [1.82, 2.24) is 20.2 Å². The molecule has 0 aliphatic heterocycles. The summed E-state index contributed by atoms with van der Waals surface area (Å²) in [5.74, 6) is 1.81. The first-order valence-corrected chi connectivity index (χ1v) is 15.1. The Morgan fingerprint density at radius 1 is 0.511 bits per heavy atom. The van der Waals surface area contributed by atoms with Gasteiger partial charge >= 0.3 is 0 Å². The van der Waals surface area contributed by atoms with Crippen molar-refractivity contribution in [3.8, 4) is 45.4 Å². The minimum Gasteiger partial charge on any atom is -0.420 e. The first kappa shape index (κ1) is 26.7. The topological polar surface area (TPSA) is 64.7 Å². The Morgan fingerprint density at radius 3 is 1.91 bits per heavy atom. The van der Waals surface area contributed by atoms with Crippen molar-refractivity contribution in [3.63, 3.8) is 0 Å². The average Bonchev–Trinajstić information content (AvgIpc) is 3.62. The molecule has 2 atom stereocenters. The van der Waals surface area contributed by atoms with Gasteiger partial charge in [0.2, 0.25) is 11.8 Å². The lowest BCUT2D eigenvalue weighted by atomic mass is 9.75. The van der Waals surface area contributed by atoms with Crippen molar-refractivity contribution < 1.29 is 4.42 Å². The van der Waals surface area contributed by atoms with Gasteiger partial charge in [0, 0.05) is 28.2 Å². The highest BCUT2D eigenvalue weighted by Crippen LogP contribution is 2.45. The second-order valence-corrected chi connectivity index (χ2v) is 11.1. The number of allylic oxidation sites excluding steroid dienone is 8. The molecule has 2 aliphatic carbocycles. The highest BCUT2D eigenvalue weighted by molar-refractivity contribution is 5.89. The van der Waals surface area contributed by atoms with Gasteiger partial charge in [-0.05, 0) is 34.9 Å². The average molecular weight is 581 g/mol. The molecule has 214 valence electrons. The molecule has 8 rings (SSSR count). The van der Waals surface area contributed by atoms with Gasteiger partial charge in [-0.2, -0.15) is 0 Å². The van der Waals surface area contributed by atoms with Crippen molar-refractivity contribution in [2.45, 2.75) is 5.92 Å². The Labute approximate surface area is 261 Å². The molecule has 0 amide bonds. The maximum atomic E-state index is 6.23. The van der Waals surface area contributed by atoms with Crippen LogP contribution in [0.3, 0.4) is 0 Å². The van der Waals surface area contributed by atoms with E-state index in [0.29, 0.717) is 17.6 Å². The second-order valence-electron chi connectivity index (χ2n) is 11.1. The summed E-state index contributed by atoms with van der Waals surface area (Å²) >= 11 is 0. The van der Waals surface area contributed by atoms with Crippen molar-refractivity contribution in [2.75, 3.05) is 0 Å². The fourth-order valence-electron chi connectivity index (χ4n) is 6.10. The molecule has 6 aromatic rings. The predicted octanol–water partition coefficient (Wildman–Crippen LogP) is 9.38. The summed E-state index contributed by atoms with van der Waals surface area (Å²) in [5, 5.41) is 8.86. The third kappa shape index (κ3) is 5.15. The summed E-state index contributed by atoms with van der Waals surface area (Å²) < 4.78 is 6.23. The van der Waals surface area contributed by atoms with E-state index in [2.05, 4.69) is 101 Å². The molecule has 45 heavy (non-hydrogen) atoms.